The maximum absolute atomic E-state index is 6.05. The lowest BCUT2D eigenvalue weighted by atomic mass is 10.2. The summed E-state index contributed by atoms with van der Waals surface area (Å²) in [5, 5.41) is 0. The van der Waals surface area contributed by atoms with Crippen LogP contribution in [0.4, 0.5) is 0 Å². The normalized spacial score (nSPS) is 12.6. The van der Waals surface area contributed by atoms with E-state index in [1.54, 1.807) is 0 Å². The van der Waals surface area contributed by atoms with Crippen molar-refractivity contribution in [3.8, 4) is 5.75 Å². The quantitative estimate of drug-likeness (QED) is 0.582. The van der Waals surface area contributed by atoms with E-state index in [1.165, 1.54) is 5.56 Å². The zero-order chi connectivity index (χ0) is 16.2. The fraction of sp³-hybridized carbons (Fsp3) is 0.667. The third-order valence-electron chi connectivity index (χ3n) is 3.68. The van der Waals surface area contributed by atoms with Gasteiger partial charge in [0, 0.05) is 12.3 Å². The van der Waals surface area contributed by atoms with Crippen LogP contribution >= 0.6 is 11.8 Å². The predicted octanol–water partition coefficient (Wildman–Crippen LogP) is 3.85. The molecule has 0 bridgehead atoms. The zero-order valence-corrected chi connectivity index (χ0v) is 15.3. The van der Waals surface area contributed by atoms with Crippen molar-refractivity contribution in [1.82, 2.24) is 4.90 Å². The number of hydrogen-bond donors (Lipinski definition) is 0. The van der Waals surface area contributed by atoms with Crippen molar-refractivity contribution in [1.29, 1.82) is 0 Å². The number of benzene rings is 1. The van der Waals surface area contributed by atoms with Crippen LogP contribution in [0, 0.1) is 6.92 Å². The number of likely N-dealkylation sites (N-methyl/N-ethyl adjacent to an activating group) is 1. The van der Waals surface area contributed by atoms with Gasteiger partial charge in [-0.25, -0.2) is 0 Å². The molecule has 0 unspecified atom stereocenters. The average molecular weight is 326 g/mol. The number of hydrogen-bond acceptors (Lipinski definition) is 4. The van der Waals surface area contributed by atoms with Gasteiger partial charge in [0.15, 0.2) is 0 Å². The van der Waals surface area contributed by atoms with Gasteiger partial charge >= 0.3 is 0 Å². The van der Waals surface area contributed by atoms with E-state index in [1.807, 2.05) is 30.0 Å². The van der Waals surface area contributed by atoms with Crippen LogP contribution in [-0.4, -0.2) is 55.4 Å². The van der Waals surface area contributed by atoms with Gasteiger partial charge in [-0.15, -0.1) is 0 Å². The van der Waals surface area contributed by atoms with Gasteiger partial charge < -0.3 is 14.4 Å². The molecule has 0 aliphatic rings. The Morgan fingerprint density at radius 2 is 1.86 bits per heavy atom. The van der Waals surface area contributed by atoms with Crippen LogP contribution in [0.1, 0.15) is 26.3 Å². The van der Waals surface area contributed by atoms with Crippen molar-refractivity contribution in [2.75, 3.05) is 44.4 Å². The van der Waals surface area contributed by atoms with Crippen LogP contribution in [0.2, 0.25) is 0 Å². The van der Waals surface area contributed by atoms with Crippen LogP contribution in [0.5, 0.6) is 5.75 Å². The molecule has 0 saturated carbocycles. The second-order valence-corrected chi connectivity index (χ2v) is 6.57. The Kier molecular flexibility index (Phi) is 10.4. The van der Waals surface area contributed by atoms with Crippen molar-refractivity contribution < 1.29 is 9.47 Å². The van der Waals surface area contributed by atoms with Crippen molar-refractivity contribution in [3.63, 3.8) is 0 Å². The summed E-state index contributed by atoms with van der Waals surface area (Å²) >= 11 is 1.91. The second-order valence-electron chi connectivity index (χ2n) is 5.26. The van der Waals surface area contributed by atoms with Crippen molar-refractivity contribution in [3.05, 3.63) is 29.8 Å². The number of nitrogens with zero attached hydrogens (tertiary/aromatic N) is 1. The van der Waals surface area contributed by atoms with Gasteiger partial charge in [-0.05, 0) is 37.4 Å². The van der Waals surface area contributed by atoms with Gasteiger partial charge in [0.05, 0.1) is 6.61 Å². The number of ether oxygens (including phenoxy) is 2. The van der Waals surface area contributed by atoms with Gasteiger partial charge in [-0.3, -0.25) is 0 Å². The highest BCUT2D eigenvalue weighted by Crippen LogP contribution is 2.17. The van der Waals surface area contributed by atoms with E-state index in [2.05, 4.69) is 38.7 Å². The fourth-order valence-electron chi connectivity index (χ4n) is 2.18. The number of aryl methyl sites for hydroxylation is 1. The van der Waals surface area contributed by atoms with Gasteiger partial charge in [0.2, 0.25) is 0 Å². The molecule has 0 radical (unpaired) electrons. The number of rotatable bonds is 12. The van der Waals surface area contributed by atoms with E-state index < -0.39 is 0 Å². The SMILES string of the molecule is CCSC[C@@H](COc1ccccc1C)OCCN(CC)CC. The van der Waals surface area contributed by atoms with E-state index in [0.717, 1.165) is 43.5 Å². The first kappa shape index (κ1) is 19.3. The Balaban J connectivity index is 2.41. The minimum Gasteiger partial charge on any atom is -0.491 e. The first-order valence-corrected chi connectivity index (χ1v) is 9.46. The zero-order valence-electron chi connectivity index (χ0n) is 14.5. The van der Waals surface area contributed by atoms with Crippen LogP contribution in [0.3, 0.4) is 0 Å². The Morgan fingerprint density at radius 3 is 2.50 bits per heavy atom. The van der Waals surface area contributed by atoms with Gasteiger partial charge in [-0.1, -0.05) is 39.0 Å². The molecule has 0 spiro atoms. The summed E-state index contributed by atoms with van der Waals surface area (Å²) in [5.74, 6) is 3.06. The molecule has 0 aliphatic heterocycles. The standard InChI is InChI=1S/C18H31NO2S/c1-5-19(6-2)12-13-20-17(15-22-7-3)14-21-18-11-9-8-10-16(18)4/h8-11,17H,5-7,12-15H2,1-4H3/t17-/m1/s1. The van der Waals surface area contributed by atoms with Gasteiger partial charge in [0.1, 0.15) is 18.5 Å². The highest BCUT2D eigenvalue weighted by atomic mass is 32.2. The Hall–Kier alpha value is -0.710. The van der Waals surface area contributed by atoms with Crippen LogP contribution in [-0.2, 0) is 4.74 Å². The first-order chi connectivity index (χ1) is 10.7. The molecular weight excluding hydrogens is 294 g/mol. The summed E-state index contributed by atoms with van der Waals surface area (Å²) in [6.07, 6.45) is 0.153. The molecule has 1 aromatic carbocycles. The van der Waals surface area contributed by atoms with Gasteiger partial charge in [-0.2, -0.15) is 11.8 Å². The van der Waals surface area contributed by atoms with E-state index in [0.29, 0.717) is 6.61 Å². The summed E-state index contributed by atoms with van der Waals surface area (Å²) in [6, 6.07) is 8.15. The minimum atomic E-state index is 0.153. The smallest absolute Gasteiger partial charge is 0.122 e. The summed E-state index contributed by atoms with van der Waals surface area (Å²) in [5.41, 5.74) is 1.17. The topological polar surface area (TPSA) is 21.7 Å². The molecule has 0 heterocycles. The van der Waals surface area contributed by atoms with E-state index >= 15 is 0 Å². The molecule has 126 valence electrons. The molecule has 4 heteroatoms. The fourth-order valence-corrected chi connectivity index (χ4v) is 2.87. The third kappa shape index (κ3) is 7.52. The predicted molar refractivity (Wildman–Crippen MR) is 97.2 cm³/mol. The summed E-state index contributed by atoms with van der Waals surface area (Å²) in [4.78, 5) is 2.38. The van der Waals surface area contributed by atoms with Crippen LogP contribution in [0.15, 0.2) is 24.3 Å². The van der Waals surface area contributed by atoms with Crippen molar-refractivity contribution in [2.24, 2.45) is 0 Å². The lowest BCUT2D eigenvalue weighted by Crippen LogP contribution is -2.31. The molecule has 1 atom stereocenters. The molecule has 22 heavy (non-hydrogen) atoms. The van der Waals surface area contributed by atoms with Crippen LogP contribution in [0.25, 0.3) is 0 Å². The molecule has 1 aromatic rings. The van der Waals surface area contributed by atoms with E-state index in [9.17, 15) is 0 Å². The van der Waals surface area contributed by atoms with E-state index in [4.69, 9.17) is 9.47 Å². The Morgan fingerprint density at radius 1 is 1.14 bits per heavy atom. The molecule has 0 fully saturated rings. The molecule has 0 aromatic heterocycles. The Bertz CT molecular complexity index is 396. The lowest BCUT2D eigenvalue weighted by molar-refractivity contribution is 0.0241. The minimum absolute atomic E-state index is 0.153. The third-order valence-corrected chi connectivity index (χ3v) is 4.70. The molecule has 0 N–H and O–H groups in total. The molecule has 0 aliphatic carbocycles. The number of para-hydroxylation sites is 1. The van der Waals surface area contributed by atoms with Crippen molar-refractivity contribution >= 4 is 11.8 Å². The highest BCUT2D eigenvalue weighted by Gasteiger charge is 2.12. The largest absolute Gasteiger partial charge is 0.491 e. The molecule has 3 nitrogen and oxygen atoms in total. The number of thioether (sulfide) groups is 1. The average Bonchev–Trinajstić information content (AvgIpc) is 2.54. The molecule has 0 amide bonds. The monoisotopic (exact) mass is 325 g/mol. The Labute approximate surface area is 140 Å². The second kappa shape index (κ2) is 11.8. The maximum atomic E-state index is 6.05. The highest BCUT2D eigenvalue weighted by molar-refractivity contribution is 7.99. The molecule has 1 rings (SSSR count). The van der Waals surface area contributed by atoms with Crippen molar-refractivity contribution in [2.45, 2.75) is 33.8 Å². The van der Waals surface area contributed by atoms with Gasteiger partial charge in [0.25, 0.3) is 0 Å². The van der Waals surface area contributed by atoms with E-state index in [-0.39, 0.29) is 6.10 Å². The lowest BCUT2D eigenvalue weighted by Gasteiger charge is -2.22. The summed E-state index contributed by atoms with van der Waals surface area (Å²) < 4.78 is 12.0. The summed E-state index contributed by atoms with van der Waals surface area (Å²) in [6.45, 7) is 13.2. The molecule has 0 saturated heterocycles. The van der Waals surface area contributed by atoms with Crippen LogP contribution < -0.4 is 4.74 Å². The molecular formula is C18H31NO2S. The summed E-state index contributed by atoms with van der Waals surface area (Å²) in [7, 11) is 0. The first-order valence-electron chi connectivity index (χ1n) is 8.31. The maximum Gasteiger partial charge on any atom is 0.122 e.